The molecule has 5 aromatic carbocycles. The van der Waals surface area contributed by atoms with E-state index in [1.807, 2.05) is 126 Å². The van der Waals surface area contributed by atoms with Crippen molar-refractivity contribution in [2.24, 2.45) is 31.6 Å². The summed E-state index contributed by atoms with van der Waals surface area (Å²) in [4.78, 5) is 115. The molecule has 0 saturated heterocycles. The number of oxime groups is 4. The van der Waals surface area contributed by atoms with E-state index in [-0.39, 0.29) is 144 Å². The number of fused-ring (bicyclic) bond motifs is 5. The first-order valence-electron chi connectivity index (χ1n) is 43.9. The van der Waals surface area contributed by atoms with Gasteiger partial charge in [0.2, 0.25) is 22.5 Å². The van der Waals surface area contributed by atoms with Crippen LogP contribution in [0.1, 0.15) is 130 Å². The van der Waals surface area contributed by atoms with Crippen LogP contribution in [0.5, 0.6) is 28.7 Å². The standard InChI is InChI=1S/C19H23BN4O5S.C18H21BBrN3O4S.C18H23BN4O6S2.C17H17BF3N3O4S.C15H17BN4O3S/c1-11-4-3-5-13-8-14(20(27)29-18(11)13)9-16(26)17(15-10-30-19(21)23-15)24-28-7-6-22-12(2)25;1-11-4-2-5-12-8-13(19(25)27-17(11)12)9-15(24)16(23-26-7-3-6-20)14-10-28-18(21)22-14;1-11-4-3-5-12-8-13(19(25)29-17(11)12)9-15(24)16(14-10-30-18(20)22-14)23-28-7-6-21-31(2,26)27;1-9-3-2-4-10-5-11(18(26)28-15(9)10)6-13(25)14(12-7-29-16(22)23-12)24-27-8-17(19,20)21;1-8-3-2-4-9-5-10(16(22)23-14(8)9)6-12(21)13(20-18)11-7-24-15(17)19-11/h3-5,10,14,27H,6-9H2,1-2H3,(H2,21,23)(H,22,25);2,4-5,10,13,25H,3,6-9H2,1H3,(H2,21,22);3-5,10,13,21,25H,6-9H2,1-2H3,(H2,20,22);2-4,7,11,26H,5-6,8H2,1H3,(H2,22,23);2-4,7,10,22H,5-6,18H2,1H3,(H2,17,19)/b24-17-;2*23-16-;24-14-;/t14-;2*13-;11-;10-/m11111/s1. The second kappa shape index (κ2) is 51.6. The second-order valence-corrected chi connectivity index (χ2v) is 40.1. The highest BCUT2D eigenvalue weighted by Crippen LogP contribution is 2.43. The topological polar surface area (TPSA) is 627 Å². The van der Waals surface area contributed by atoms with Crippen LogP contribution in [-0.2, 0) is 90.2 Å². The fourth-order valence-corrected chi connectivity index (χ4v) is 18.6. The summed E-state index contributed by atoms with van der Waals surface area (Å²) >= 11 is 9.10. The van der Waals surface area contributed by atoms with E-state index in [1.54, 1.807) is 21.5 Å². The van der Waals surface area contributed by atoms with Gasteiger partial charge in [0, 0.05) is 107 Å². The summed E-state index contributed by atoms with van der Waals surface area (Å²) in [6.45, 7) is 9.88. The number of nitrogen functional groups attached to an aromatic ring is 5. The molecule has 750 valence electrons. The SMILES string of the molecule is CC(=O)NCCO/N=C(\C(=O)C[C@H]1Cc2cccc(C)c2OB1O)c1csc(N)n1.Cc1cccc2c1OB(O)[C@@H](CC(=O)/C(=N\OCC(F)(F)F)c1csc(N)n1)C2.Cc1cccc2c1OB(O)[C@@H](CC(=O)/C(=N\OCCCBr)c1csc(N)n1)C2.Cc1cccc2c1OB(O)[C@@H](CC(=O)/C(=N\OCCNS(C)(=O)=O)c1csc(N)n1)C2.Cc1cccc2c1OB(O)[C@@H](CC(=O)C(=NN)c1csc(N)n1)C2. The Bertz CT molecular complexity index is 6420. The summed E-state index contributed by atoms with van der Waals surface area (Å²) in [5, 5.41) is 83.2. The number of ketones is 5. The first-order chi connectivity index (χ1) is 67.6. The van der Waals surface area contributed by atoms with Crippen LogP contribution in [0, 0.1) is 34.6 Å². The number of para-hydroxylation sites is 5. The van der Waals surface area contributed by atoms with Crippen molar-refractivity contribution < 1.29 is 118 Å². The van der Waals surface area contributed by atoms with Crippen molar-refractivity contribution in [3.05, 3.63) is 202 Å². The maximum Gasteiger partial charge on any atom is 0.526 e. The fraction of sp³-hybridized carbons (Fsp3) is 0.356. The minimum atomic E-state index is -4.60. The third-order valence-corrected chi connectivity index (χ3v) is 26.6. The van der Waals surface area contributed by atoms with Crippen molar-refractivity contribution in [3.8, 4) is 28.7 Å². The van der Waals surface area contributed by atoms with Crippen LogP contribution in [0.4, 0.5) is 38.8 Å². The maximum absolute atomic E-state index is 13.0. The molecule has 10 aromatic rings. The monoisotopic (exact) mass is 2130 g/mol. The van der Waals surface area contributed by atoms with E-state index in [1.165, 1.54) is 46.3 Å². The summed E-state index contributed by atoms with van der Waals surface area (Å²) < 4.78 is 89.6. The van der Waals surface area contributed by atoms with Crippen LogP contribution >= 0.6 is 72.6 Å². The molecule has 15 rings (SSSR count). The number of hydrazone groups is 1. The van der Waals surface area contributed by atoms with E-state index >= 15 is 0 Å². The van der Waals surface area contributed by atoms with Gasteiger partial charge in [0.1, 0.15) is 77.0 Å². The lowest BCUT2D eigenvalue weighted by molar-refractivity contribution is -0.174. The summed E-state index contributed by atoms with van der Waals surface area (Å²) in [6, 6.07) is 28.6. The number of benzene rings is 5. The molecule has 1 amide bonds. The van der Waals surface area contributed by atoms with Gasteiger partial charge in [-0.25, -0.2) is 38.1 Å². The molecule has 0 aliphatic carbocycles. The number of thiazole rings is 5. The Kier molecular flexibility index (Phi) is 40.0. The zero-order valence-corrected chi connectivity index (χ0v) is 84.1. The summed E-state index contributed by atoms with van der Waals surface area (Å²) in [7, 11) is -8.96. The van der Waals surface area contributed by atoms with Gasteiger partial charge in [-0.05, 0) is 129 Å². The average Bonchev–Trinajstić information content (AvgIpc) is 1.08. The quantitative estimate of drug-likeness (QED) is 0.00440. The van der Waals surface area contributed by atoms with Crippen molar-refractivity contribution in [3.63, 3.8) is 0 Å². The molecule has 19 N–H and O–H groups in total. The first-order valence-corrected chi connectivity index (χ1v) is 51.3. The molecule has 0 fully saturated rings. The number of alkyl halides is 4. The number of rotatable bonds is 35. The lowest BCUT2D eigenvalue weighted by atomic mass is 9.64. The van der Waals surface area contributed by atoms with Crippen LogP contribution in [0.3, 0.4) is 0 Å². The smallest absolute Gasteiger partial charge is 0.526 e. The maximum atomic E-state index is 13.0. The number of aromatic nitrogens is 5. The van der Waals surface area contributed by atoms with Crippen LogP contribution in [0.2, 0.25) is 29.1 Å². The number of nitrogens with zero attached hydrogens (tertiary/aromatic N) is 10. The van der Waals surface area contributed by atoms with Gasteiger partial charge in [-0.3, -0.25) is 28.8 Å². The molecule has 142 heavy (non-hydrogen) atoms. The first kappa shape index (κ1) is 110. The van der Waals surface area contributed by atoms with Gasteiger partial charge in [-0.2, -0.15) is 18.3 Å². The molecule has 40 nitrogen and oxygen atoms in total. The van der Waals surface area contributed by atoms with Crippen molar-refractivity contribution in [1.82, 2.24) is 35.0 Å². The lowest BCUT2D eigenvalue weighted by Crippen LogP contribution is -2.36. The highest BCUT2D eigenvalue weighted by Gasteiger charge is 2.44. The number of halogens is 4. The fourth-order valence-electron chi connectivity index (χ4n) is 15.1. The minimum Gasteiger partial charge on any atom is -0.536 e. The van der Waals surface area contributed by atoms with Crippen molar-refractivity contribution >= 4 is 207 Å². The summed E-state index contributed by atoms with van der Waals surface area (Å²) in [6.07, 6.45) is -0.550. The molecule has 5 atom stereocenters. The molecule has 55 heteroatoms. The molecule has 0 bridgehead atoms. The van der Waals surface area contributed by atoms with Crippen LogP contribution in [-0.4, -0.2) is 215 Å². The number of carbonyl (C=O) groups excluding carboxylic acids is 6. The average molecular weight is 2130 g/mol. The molecule has 0 radical (unpaired) electrons. The van der Waals surface area contributed by atoms with Crippen LogP contribution in [0.25, 0.3) is 0 Å². The number of hydrogen-bond donors (Lipinski definition) is 13. The number of amides is 1. The molecule has 5 aromatic heterocycles. The van der Waals surface area contributed by atoms with E-state index in [9.17, 15) is 75.5 Å². The zero-order chi connectivity index (χ0) is 103. The highest BCUT2D eigenvalue weighted by molar-refractivity contribution is 9.09. The number of nitrogens with one attached hydrogen (secondary N) is 2. The molecule has 0 spiro atoms. The minimum absolute atomic E-state index is 0.000130. The number of carbonyl (C=O) groups is 6. The van der Waals surface area contributed by atoms with Gasteiger partial charge >= 0.3 is 41.8 Å². The Hall–Kier alpha value is -12.3. The van der Waals surface area contributed by atoms with E-state index in [2.05, 4.69) is 81.5 Å². The molecule has 0 unspecified atom stereocenters. The molecule has 10 heterocycles. The molecule has 0 saturated carbocycles. The van der Waals surface area contributed by atoms with E-state index < -0.39 is 87.4 Å². The summed E-state index contributed by atoms with van der Waals surface area (Å²) in [5.74, 6) is 4.18. The lowest BCUT2D eigenvalue weighted by Gasteiger charge is -2.28. The van der Waals surface area contributed by atoms with Gasteiger partial charge in [-0.15, -0.1) is 56.7 Å². The molecule has 5 aliphatic heterocycles. The summed E-state index contributed by atoms with van der Waals surface area (Å²) in [5.41, 5.74) is 38.6. The van der Waals surface area contributed by atoms with Crippen molar-refractivity contribution in [2.75, 3.05) is 79.8 Å². The van der Waals surface area contributed by atoms with Gasteiger partial charge in [0.05, 0.1) is 12.8 Å². The highest BCUT2D eigenvalue weighted by atomic mass is 79.9. The van der Waals surface area contributed by atoms with E-state index in [0.717, 1.165) is 96.3 Å². The molecule has 5 aliphatic rings. The van der Waals surface area contributed by atoms with Gasteiger partial charge in [0.15, 0.2) is 83.1 Å². The third-order valence-electron chi connectivity index (χ3n) is 21.9. The van der Waals surface area contributed by atoms with Crippen molar-refractivity contribution in [1.29, 1.82) is 0 Å². The Morgan fingerprint density at radius 3 is 0.908 bits per heavy atom. The molecular weight excluding hydrogens is 2030 g/mol. The van der Waals surface area contributed by atoms with Gasteiger partial charge in [0.25, 0.3) is 0 Å². The number of sulfonamides is 1. The van der Waals surface area contributed by atoms with Crippen LogP contribution < -0.4 is 67.8 Å². The van der Waals surface area contributed by atoms with E-state index in [4.69, 9.17) is 72.3 Å². The second-order valence-electron chi connectivity index (χ2n) is 33.0. The molecular formula is C87H101B5BrF3N18O22S6. The van der Waals surface area contributed by atoms with Crippen LogP contribution in [0.15, 0.2) is 144 Å². The largest absolute Gasteiger partial charge is 0.536 e. The number of hydrogen-bond acceptors (Lipinski definition) is 43. The van der Waals surface area contributed by atoms with Crippen molar-refractivity contribution in [2.45, 2.75) is 147 Å². The number of anilines is 5. The van der Waals surface area contributed by atoms with Gasteiger partial charge in [-0.1, -0.05) is 128 Å². The normalized spacial score (nSPS) is 16.6. The Labute approximate surface area is 844 Å². The predicted octanol–water partition coefficient (Wildman–Crippen LogP) is 8.97. The Balaban J connectivity index is 0.000000170. The predicted molar refractivity (Wildman–Crippen MR) is 544 cm³/mol. The third kappa shape index (κ3) is 31.6. The Morgan fingerprint density at radius 1 is 0.430 bits per heavy atom. The Morgan fingerprint density at radius 2 is 0.676 bits per heavy atom. The zero-order valence-electron chi connectivity index (χ0n) is 77.6. The number of nitrogens with two attached hydrogens (primary N) is 6. The van der Waals surface area contributed by atoms with Gasteiger partial charge < -0.3 is 108 Å². The van der Waals surface area contributed by atoms with E-state index in [0.29, 0.717) is 99.9 Å². The number of Topliss-reactive ketones (excluding diaryl/α,β-unsaturated/α-hetero) is 5. The number of aryl methyl sites for hydroxylation is 5.